The highest BCUT2D eigenvalue weighted by Gasteiger charge is 2.01. The quantitative estimate of drug-likeness (QED) is 0.846. The van der Waals surface area contributed by atoms with Gasteiger partial charge in [-0.3, -0.25) is 4.98 Å². The van der Waals surface area contributed by atoms with Crippen molar-refractivity contribution in [1.29, 1.82) is 0 Å². The molecule has 0 amide bonds. The second kappa shape index (κ2) is 5.59. The van der Waals surface area contributed by atoms with Gasteiger partial charge in [0.2, 0.25) is 5.28 Å². The zero-order valence-corrected chi connectivity index (χ0v) is 10.3. The summed E-state index contributed by atoms with van der Waals surface area (Å²) < 4.78 is 0. The van der Waals surface area contributed by atoms with E-state index in [4.69, 9.17) is 11.6 Å². The molecule has 0 radical (unpaired) electrons. The van der Waals surface area contributed by atoms with Crippen LogP contribution < -0.4 is 5.32 Å². The number of pyridine rings is 1. The van der Waals surface area contributed by atoms with Crippen molar-refractivity contribution >= 4 is 17.4 Å². The van der Waals surface area contributed by atoms with E-state index in [2.05, 4.69) is 20.3 Å². The number of hydrogen-bond acceptors (Lipinski definition) is 4. The maximum Gasteiger partial charge on any atom is 0.224 e. The highest BCUT2D eigenvalue weighted by atomic mass is 35.5. The van der Waals surface area contributed by atoms with E-state index in [0.717, 1.165) is 23.6 Å². The van der Waals surface area contributed by atoms with E-state index < -0.39 is 0 Å². The third kappa shape index (κ3) is 3.39. The number of halogens is 1. The molecule has 2 rings (SSSR count). The smallest absolute Gasteiger partial charge is 0.224 e. The average molecular weight is 249 g/mol. The Labute approximate surface area is 105 Å². The zero-order valence-electron chi connectivity index (χ0n) is 9.52. The van der Waals surface area contributed by atoms with Crippen molar-refractivity contribution in [3.05, 3.63) is 47.1 Å². The average Bonchev–Trinajstić information content (AvgIpc) is 2.37. The van der Waals surface area contributed by atoms with Crippen LogP contribution in [0.4, 0.5) is 5.82 Å². The van der Waals surface area contributed by atoms with Crippen LogP contribution in [0.1, 0.15) is 18.3 Å². The Balaban J connectivity index is 2.06. The summed E-state index contributed by atoms with van der Waals surface area (Å²) in [6.07, 6.45) is 2.60. The van der Waals surface area contributed by atoms with Crippen molar-refractivity contribution in [3.63, 3.8) is 0 Å². The second-order valence-electron chi connectivity index (χ2n) is 3.54. The van der Waals surface area contributed by atoms with Gasteiger partial charge in [-0.25, -0.2) is 9.97 Å². The van der Waals surface area contributed by atoms with Crippen molar-refractivity contribution in [1.82, 2.24) is 15.0 Å². The lowest BCUT2D eigenvalue weighted by Crippen LogP contribution is -2.04. The van der Waals surface area contributed by atoms with Crippen LogP contribution >= 0.6 is 11.6 Å². The van der Waals surface area contributed by atoms with Crippen LogP contribution in [-0.4, -0.2) is 15.0 Å². The molecule has 5 heteroatoms. The summed E-state index contributed by atoms with van der Waals surface area (Å²) in [5, 5.41) is 3.45. The van der Waals surface area contributed by atoms with E-state index in [1.54, 1.807) is 6.20 Å². The van der Waals surface area contributed by atoms with E-state index in [1.807, 2.05) is 31.2 Å². The van der Waals surface area contributed by atoms with Gasteiger partial charge in [0.05, 0.1) is 12.2 Å². The van der Waals surface area contributed by atoms with Gasteiger partial charge in [-0.15, -0.1) is 0 Å². The molecule has 0 atom stereocenters. The molecule has 0 unspecified atom stereocenters. The van der Waals surface area contributed by atoms with E-state index in [1.165, 1.54) is 0 Å². The Hall–Kier alpha value is -1.68. The van der Waals surface area contributed by atoms with Gasteiger partial charge < -0.3 is 5.32 Å². The standard InChI is InChI=1S/C12H13ClN4/c1-2-9-7-11(17-12(13)16-9)15-8-10-5-3-4-6-14-10/h3-7H,2,8H2,1H3,(H,15,16,17). The number of anilines is 1. The van der Waals surface area contributed by atoms with Gasteiger partial charge in [0, 0.05) is 18.0 Å². The summed E-state index contributed by atoms with van der Waals surface area (Å²) in [6, 6.07) is 7.69. The van der Waals surface area contributed by atoms with Gasteiger partial charge in [-0.2, -0.15) is 0 Å². The molecule has 0 fully saturated rings. The molecule has 0 saturated carbocycles. The van der Waals surface area contributed by atoms with Crippen molar-refractivity contribution in [2.45, 2.75) is 19.9 Å². The predicted octanol–water partition coefficient (Wildman–Crippen LogP) is 2.70. The monoisotopic (exact) mass is 248 g/mol. The minimum atomic E-state index is 0.271. The number of aryl methyl sites for hydroxylation is 1. The Morgan fingerprint density at radius 3 is 2.82 bits per heavy atom. The van der Waals surface area contributed by atoms with Crippen molar-refractivity contribution in [2.75, 3.05) is 5.32 Å². The van der Waals surface area contributed by atoms with Gasteiger partial charge in [0.1, 0.15) is 5.82 Å². The first-order valence-corrected chi connectivity index (χ1v) is 5.83. The van der Waals surface area contributed by atoms with Gasteiger partial charge in [-0.05, 0) is 30.2 Å². The first-order chi connectivity index (χ1) is 8.28. The molecule has 0 bridgehead atoms. The number of rotatable bonds is 4. The molecule has 0 aliphatic carbocycles. The fraction of sp³-hybridized carbons (Fsp3) is 0.250. The minimum absolute atomic E-state index is 0.271. The van der Waals surface area contributed by atoms with Gasteiger partial charge >= 0.3 is 0 Å². The highest BCUT2D eigenvalue weighted by Crippen LogP contribution is 2.11. The van der Waals surface area contributed by atoms with Crippen LogP contribution in [0.2, 0.25) is 5.28 Å². The van der Waals surface area contributed by atoms with Crippen LogP contribution in [-0.2, 0) is 13.0 Å². The molecule has 0 aliphatic rings. The molecule has 2 aromatic rings. The van der Waals surface area contributed by atoms with Crippen molar-refractivity contribution < 1.29 is 0 Å². The summed E-state index contributed by atoms with van der Waals surface area (Å²) >= 11 is 5.83. The molecule has 1 N–H and O–H groups in total. The Morgan fingerprint density at radius 1 is 1.24 bits per heavy atom. The SMILES string of the molecule is CCc1cc(NCc2ccccn2)nc(Cl)n1. The molecule has 88 valence electrons. The van der Waals surface area contributed by atoms with Gasteiger partial charge in [-0.1, -0.05) is 13.0 Å². The Morgan fingerprint density at radius 2 is 2.12 bits per heavy atom. The molecule has 2 heterocycles. The lowest BCUT2D eigenvalue weighted by molar-refractivity contribution is 0.975. The van der Waals surface area contributed by atoms with Gasteiger partial charge in [0.25, 0.3) is 0 Å². The molecule has 2 aromatic heterocycles. The first kappa shape index (κ1) is 11.8. The molecule has 0 saturated heterocycles. The zero-order chi connectivity index (χ0) is 12.1. The van der Waals surface area contributed by atoms with E-state index >= 15 is 0 Å². The minimum Gasteiger partial charge on any atom is -0.364 e. The normalized spacial score (nSPS) is 10.2. The van der Waals surface area contributed by atoms with Crippen LogP contribution in [0, 0.1) is 0 Å². The summed E-state index contributed by atoms with van der Waals surface area (Å²) in [7, 11) is 0. The topological polar surface area (TPSA) is 50.7 Å². The van der Waals surface area contributed by atoms with E-state index in [9.17, 15) is 0 Å². The number of nitrogens with zero attached hydrogens (tertiary/aromatic N) is 3. The molecule has 0 aromatic carbocycles. The summed E-state index contributed by atoms with van der Waals surface area (Å²) in [5.74, 6) is 0.729. The third-order valence-corrected chi connectivity index (χ3v) is 2.46. The Bertz CT molecular complexity index is 487. The molecule has 17 heavy (non-hydrogen) atoms. The fourth-order valence-electron chi connectivity index (χ4n) is 1.42. The summed E-state index contributed by atoms with van der Waals surface area (Å²) in [6.45, 7) is 2.65. The first-order valence-electron chi connectivity index (χ1n) is 5.45. The van der Waals surface area contributed by atoms with Crippen molar-refractivity contribution in [2.24, 2.45) is 0 Å². The maximum atomic E-state index is 5.83. The maximum absolute atomic E-state index is 5.83. The van der Waals surface area contributed by atoms with Crippen LogP contribution in [0.3, 0.4) is 0 Å². The van der Waals surface area contributed by atoms with Crippen LogP contribution in [0.15, 0.2) is 30.5 Å². The van der Waals surface area contributed by atoms with E-state index in [-0.39, 0.29) is 5.28 Å². The highest BCUT2D eigenvalue weighted by molar-refractivity contribution is 6.28. The van der Waals surface area contributed by atoms with Crippen LogP contribution in [0.25, 0.3) is 0 Å². The van der Waals surface area contributed by atoms with Gasteiger partial charge in [0.15, 0.2) is 0 Å². The van der Waals surface area contributed by atoms with Crippen LogP contribution in [0.5, 0.6) is 0 Å². The van der Waals surface area contributed by atoms with E-state index in [0.29, 0.717) is 6.54 Å². The van der Waals surface area contributed by atoms with Crippen molar-refractivity contribution in [3.8, 4) is 0 Å². The largest absolute Gasteiger partial charge is 0.364 e. The summed E-state index contributed by atoms with van der Waals surface area (Å²) in [4.78, 5) is 12.4. The molecule has 4 nitrogen and oxygen atoms in total. The lowest BCUT2D eigenvalue weighted by atomic mass is 10.3. The lowest BCUT2D eigenvalue weighted by Gasteiger charge is -2.06. The second-order valence-corrected chi connectivity index (χ2v) is 3.88. The number of hydrogen-bond donors (Lipinski definition) is 1. The molecule has 0 spiro atoms. The predicted molar refractivity (Wildman–Crippen MR) is 68.0 cm³/mol. The third-order valence-electron chi connectivity index (χ3n) is 2.29. The number of aromatic nitrogens is 3. The molecule has 0 aliphatic heterocycles. The fourth-order valence-corrected chi connectivity index (χ4v) is 1.62. The summed E-state index contributed by atoms with van der Waals surface area (Å²) in [5.41, 5.74) is 1.88. The Kier molecular flexibility index (Phi) is 3.88. The number of nitrogens with one attached hydrogen (secondary N) is 1. The molecular weight excluding hydrogens is 236 g/mol. The molecular formula is C12H13ClN4.